The van der Waals surface area contributed by atoms with Crippen LogP contribution in [-0.2, 0) is 0 Å². The number of rotatable bonds is 10. The first-order chi connectivity index (χ1) is 42.7. The van der Waals surface area contributed by atoms with Crippen LogP contribution in [0.4, 0.5) is 96.7 Å². The Labute approximate surface area is 503 Å². The molecule has 6 nitrogen and oxygen atoms in total. The van der Waals surface area contributed by atoms with Crippen molar-refractivity contribution in [3.63, 3.8) is 0 Å². The number of hydrogen-bond acceptors (Lipinski definition) is 6. The standard InChI is InChI=1S/C78H56B2N6/c1-9-29-55(30-10-1)81(56-31-11-2-12-32-56)63-49-73-77-75(51-63)85(61-41-21-7-22-42-61)71-54-72-68(53-67(71)79(77)65-45-25-27-47-69(65)83(73)59-37-17-5-18-38-59)80-66-46-26-28-48-70(66)84(60-39-19-6-20-40-60)74-50-64(52-76(78(74)80)86(72)62-43-23-8-24-44-62)82(57-33-13-3-14-34-57)58-35-15-4-16-36-58/h1-47,49-54,70H,48H2. The first-order valence-electron chi connectivity index (χ1n) is 29.9. The third-order valence-electron chi connectivity index (χ3n) is 18.0. The number of para-hydroxylation sites is 9. The van der Waals surface area contributed by atoms with Gasteiger partial charge in [-0.3, -0.25) is 0 Å². The molecule has 0 amide bonds. The van der Waals surface area contributed by atoms with Crippen molar-refractivity contribution in [3.8, 4) is 0 Å². The third-order valence-corrected chi connectivity index (χ3v) is 18.0. The van der Waals surface area contributed by atoms with E-state index in [9.17, 15) is 0 Å². The van der Waals surface area contributed by atoms with Gasteiger partial charge in [-0.25, -0.2) is 0 Å². The molecule has 12 aromatic rings. The highest BCUT2D eigenvalue weighted by Crippen LogP contribution is 2.53. The summed E-state index contributed by atoms with van der Waals surface area (Å²) >= 11 is 0. The highest BCUT2D eigenvalue weighted by molar-refractivity contribution is 7.01. The van der Waals surface area contributed by atoms with Gasteiger partial charge in [0, 0.05) is 85.3 Å². The predicted octanol–water partition coefficient (Wildman–Crippen LogP) is 17.0. The largest absolute Gasteiger partial charge is 0.335 e. The maximum Gasteiger partial charge on any atom is 0.252 e. The Morgan fingerprint density at radius 3 is 1.10 bits per heavy atom. The van der Waals surface area contributed by atoms with Gasteiger partial charge in [-0.15, -0.1) is 0 Å². The second-order valence-corrected chi connectivity index (χ2v) is 22.8. The molecule has 0 radical (unpaired) electrons. The van der Waals surface area contributed by atoms with Gasteiger partial charge in [-0.05, 0) is 167 Å². The molecular formula is C78H56B2N6. The quantitative estimate of drug-likeness (QED) is 0.126. The lowest BCUT2D eigenvalue weighted by molar-refractivity contribution is 0.764. The molecule has 0 saturated heterocycles. The number of anilines is 17. The van der Waals surface area contributed by atoms with Crippen molar-refractivity contribution >= 4 is 137 Å². The predicted molar refractivity (Wildman–Crippen MR) is 364 cm³/mol. The molecule has 404 valence electrons. The number of nitrogens with zero attached hydrogens (tertiary/aromatic N) is 6. The fourth-order valence-corrected chi connectivity index (χ4v) is 14.6. The van der Waals surface area contributed by atoms with Crippen molar-refractivity contribution in [2.45, 2.75) is 12.5 Å². The minimum absolute atomic E-state index is 0.0515. The van der Waals surface area contributed by atoms with Gasteiger partial charge < -0.3 is 29.4 Å². The lowest BCUT2D eigenvalue weighted by Crippen LogP contribution is -2.64. The van der Waals surface area contributed by atoms with Crippen LogP contribution in [0.2, 0.25) is 0 Å². The third kappa shape index (κ3) is 7.90. The van der Waals surface area contributed by atoms with E-state index < -0.39 is 0 Å². The minimum atomic E-state index is -0.133. The molecule has 0 N–H and O–H groups in total. The highest BCUT2D eigenvalue weighted by atomic mass is 15.2. The van der Waals surface area contributed by atoms with Crippen molar-refractivity contribution in [3.05, 3.63) is 327 Å². The molecule has 1 aliphatic carbocycles. The molecule has 0 spiro atoms. The fourth-order valence-electron chi connectivity index (χ4n) is 14.6. The van der Waals surface area contributed by atoms with E-state index in [0.29, 0.717) is 0 Å². The maximum atomic E-state index is 2.65. The summed E-state index contributed by atoms with van der Waals surface area (Å²) in [6, 6.07) is 112. The first-order valence-corrected chi connectivity index (χ1v) is 29.9. The van der Waals surface area contributed by atoms with Gasteiger partial charge in [0.15, 0.2) is 0 Å². The maximum absolute atomic E-state index is 2.65. The van der Waals surface area contributed by atoms with Crippen molar-refractivity contribution < 1.29 is 0 Å². The second-order valence-electron chi connectivity index (χ2n) is 22.8. The van der Waals surface area contributed by atoms with Gasteiger partial charge in [-0.1, -0.05) is 194 Å². The zero-order valence-electron chi connectivity index (χ0n) is 47.2. The molecule has 0 aromatic heterocycles. The summed E-state index contributed by atoms with van der Waals surface area (Å²) in [7, 11) is 0. The van der Waals surface area contributed by atoms with Crippen LogP contribution >= 0.6 is 0 Å². The molecule has 0 saturated carbocycles. The van der Waals surface area contributed by atoms with E-state index in [0.717, 1.165) is 86.0 Å². The highest BCUT2D eigenvalue weighted by Gasteiger charge is 2.50. The average Bonchev–Trinajstić information content (AvgIpc) is 0.708. The molecule has 0 fully saturated rings. The fraction of sp³-hybridized carbons (Fsp3) is 0.0256. The van der Waals surface area contributed by atoms with Gasteiger partial charge in [0.2, 0.25) is 6.71 Å². The van der Waals surface area contributed by atoms with Crippen LogP contribution in [0.25, 0.3) is 0 Å². The summed E-state index contributed by atoms with van der Waals surface area (Å²) in [5, 5.41) is 0. The van der Waals surface area contributed by atoms with Gasteiger partial charge in [-0.2, -0.15) is 0 Å². The minimum Gasteiger partial charge on any atom is -0.335 e. The molecule has 17 rings (SSSR count). The Morgan fingerprint density at radius 1 is 0.291 bits per heavy atom. The summed E-state index contributed by atoms with van der Waals surface area (Å²) < 4.78 is 0. The second kappa shape index (κ2) is 20.4. The van der Waals surface area contributed by atoms with Gasteiger partial charge in [0.1, 0.15) is 0 Å². The average molecular weight is 1100 g/mol. The Balaban J connectivity index is 0.992. The Kier molecular flexibility index (Phi) is 11.8. The van der Waals surface area contributed by atoms with E-state index in [-0.39, 0.29) is 19.5 Å². The first kappa shape index (κ1) is 49.6. The monoisotopic (exact) mass is 1100 g/mol. The molecule has 4 heterocycles. The molecule has 1 unspecified atom stereocenters. The smallest absolute Gasteiger partial charge is 0.252 e. The Hall–Kier alpha value is -11.0. The normalized spacial score (nSPS) is 14.7. The number of fused-ring (bicyclic) bond motifs is 8. The number of allylic oxidation sites excluding steroid dienone is 2. The van der Waals surface area contributed by atoms with E-state index in [1.165, 1.54) is 49.8 Å². The molecule has 0 bridgehead atoms. The van der Waals surface area contributed by atoms with E-state index >= 15 is 0 Å². The van der Waals surface area contributed by atoms with E-state index in [1.807, 2.05) is 0 Å². The molecule has 5 aliphatic rings. The molecule has 86 heavy (non-hydrogen) atoms. The Bertz CT molecular complexity index is 4510. The summed E-state index contributed by atoms with van der Waals surface area (Å²) in [6.07, 6.45) is 7.99. The van der Waals surface area contributed by atoms with Crippen LogP contribution < -0.4 is 56.7 Å². The molecular weight excluding hydrogens is 1040 g/mol. The van der Waals surface area contributed by atoms with Crippen molar-refractivity contribution in [2.75, 3.05) is 29.4 Å². The topological polar surface area (TPSA) is 19.4 Å². The van der Waals surface area contributed by atoms with Crippen molar-refractivity contribution in [2.24, 2.45) is 0 Å². The van der Waals surface area contributed by atoms with Crippen molar-refractivity contribution in [1.29, 1.82) is 0 Å². The van der Waals surface area contributed by atoms with Gasteiger partial charge in [0.05, 0.1) is 17.4 Å². The van der Waals surface area contributed by atoms with Crippen LogP contribution in [0.5, 0.6) is 0 Å². The molecule has 4 aliphatic heterocycles. The van der Waals surface area contributed by atoms with Crippen LogP contribution in [0, 0.1) is 0 Å². The summed E-state index contributed by atoms with van der Waals surface area (Å²) in [5.41, 5.74) is 26.9. The van der Waals surface area contributed by atoms with Gasteiger partial charge >= 0.3 is 0 Å². The molecule has 1 atom stereocenters. The van der Waals surface area contributed by atoms with Gasteiger partial charge in [0.25, 0.3) is 6.71 Å². The summed E-state index contributed by atoms with van der Waals surface area (Å²) in [5.74, 6) is 0. The zero-order chi connectivity index (χ0) is 56.7. The zero-order valence-corrected chi connectivity index (χ0v) is 47.2. The van der Waals surface area contributed by atoms with Crippen LogP contribution in [-0.4, -0.2) is 19.5 Å². The Morgan fingerprint density at radius 2 is 0.651 bits per heavy atom. The lowest BCUT2D eigenvalue weighted by Gasteiger charge is -2.50. The summed E-state index contributed by atoms with van der Waals surface area (Å²) in [6.45, 7) is -0.212. The molecule has 8 heteroatoms. The van der Waals surface area contributed by atoms with Crippen molar-refractivity contribution in [1.82, 2.24) is 0 Å². The lowest BCUT2D eigenvalue weighted by atomic mass is 9.29. The van der Waals surface area contributed by atoms with Crippen LogP contribution in [0.15, 0.2) is 327 Å². The number of benzene rings is 12. The van der Waals surface area contributed by atoms with Crippen LogP contribution in [0.3, 0.4) is 0 Å². The van der Waals surface area contributed by atoms with Crippen LogP contribution in [0.1, 0.15) is 6.42 Å². The SMILES string of the molecule is C1=CCC2C(=C1)B1c3cc4c(cc3N(c3ccccc3)c3cc(N(c5ccccc5)c5ccccc5)cc(c31)N2c1ccccc1)N(c1ccccc1)c1cc(N(c2ccccc2)c2ccccc2)cc2c1B4c1ccccc1N2c1ccccc1. The van der Waals surface area contributed by atoms with E-state index in [2.05, 4.69) is 351 Å². The van der Waals surface area contributed by atoms with E-state index in [1.54, 1.807) is 0 Å². The molecule has 12 aromatic carbocycles. The summed E-state index contributed by atoms with van der Waals surface area (Å²) in [4.78, 5) is 15.2. The van der Waals surface area contributed by atoms with E-state index in [4.69, 9.17) is 0 Å². The number of hydrogen-bond donors (Lipinski definition) is 0.